The molecule has 3 rings (SSSR count). The van der Waals surface area contributed by atoms with Crippen molar-refractivity contribution in [2.75, 3.05) is 18.0 Å². The first-order chi connectivity index (χ1) is 9.75. The van der Waals surface area contributed by atoms with Crippen molar-refractivity contribution < 1.29 is 0 Å². The Bertz CT molecular complexity index is 591. The predicted octanol–water partition coefficient (Wildman–Crippen LogP) is 3.45. The summed E-state index contributed by atoms with van der Waals surface area (Å²) < 4.78 is 0. The average molecular weight is 266 g/mol. The summed E-state index contributed by atoms with van der Waals surface area (Å²) in [5.41, 5.74) is 11.8. The Kier molecular flexibility index (Phi) is 3.75. The van der Waals surface area contributed by atoms with Gasteiger partial charge in [-0.2, -0.15) is 0 Å². The Morgan fingerprint density at radius 2 is 1.85 bits per heavy atom. The van der Waals surface area contributed by atoms with Gasteiger partial charge < -0.3 is 10.6 Å². The molecule has 1 unspecified atom stereocenters. The molecule has 0 fully saturated rings. The molecule has 0 saturated heterocycles. The van der Waals surface area contributed by atoms with Crippen molar-refractivity contribution in [1.29, 1.82) is 0 Å². The zero-order valence-corrected chi connectivity index (χ0v) is 12.0. The van der Waals surface area contributed by atoms with Gasteiger partial charge in [0.05, 0.1) is 0 Å². The van der Waals surface area contributed by atoms with Gasteiger partial charge in [-0.25, -0.2) is 0 Å². The van der Waals surface area contributed by atoms with E-state index in [1.165, 1.54) is 22.4 Å². The number of rotatable bonds is 4. The van der Waals surface area contributed by atoms with Crippen molar-refractivity contribution in [3.8, 4) is 0 Å². The molecule has 1 aliphatic rings. The second-order valence-electron chi connectivity index (χ2n) is 5.62. The van der Waals surface area contributed by atoms with Gasteiger partial charge >= 0.3 is 0 Å². The van der Waals surface area contributed by atoms with Gasteiger partial charge in [-0.15, -0.1) is 0 Å². The first-order valence-electron chi connectivity index (χ1n) is 7.39. The maximum Gasteiger partial charge on any atom is 0.0399 e. The molecule has 0 radical (unpaired) electrons. The highest BCUT2D eigenvalue weighted by Crippen LogP contribution is 2.28. The third kappa shape index (κ3) is 2.56. The molecule has 0 spiro atoms. The van der Waals surface area contributed by atoms with Crippen LogP contribution in [0.15, 0.2) is 48.5 Å². The zero-order valence-electron chi connectivity index (χ0n) is 12.0. The highest BCUT2D eigenvalue weighted by molar-refractivity contribution is 5.57. The third-order valence-electron chi connectivity index (χ3n) is 4.28. The average Bonchev–Trinajstić information content (AvgIpc) is 2.88. The Morgan fingerprint density at radius 3 is 2.70 bits per heavy atom. The second-order valence-corrected chi connectivity index (χ2v) is 5.62. The van der Waals surface area contributed by atoms with Crippen LogP contribution in [0.1, 0.15) is 29.2 Å². The molecule has 0 saturated carbocycles. The minimum absolute atomic E-state index is 0.129. The van der Waals surface area contributed by atoms with Crippen LogP contribution in [0.25, 0.3) is 0 Å². The molecule has 0 amide bonds. The molecule has 2 aromatic rings. The van der Waals surface area contributed by atoms with Crippen LogP contribution in [0, 0.1) is 6.92 Å². The van der Waals surface area contributed by atoms with E-state index < -0.39 is 0 Å². The molecule has 0 aromatic heterocycles. The van der Waals surface area contributed by atoms with Gasteiger partial charge in [0.1, 0.15) is 0 Å². The van der Waals surface area contributed by atoms with Gasteiger partial charge in [-0.1, -0.05) is 42.5 Å². The fourth-order valence-corrected chi connectivity index (χ4v) is 3.09. The lowest BCUT2D eigenvalue weighted by Gasteiger charge is -2.22. The lowest BCUT2D eigenvalue weighted by molar-refractivity contribution is 0.631. The monoisotopic (exact) mass is 266 g/mol. The summed E-state index contributed by atoms with van der Waals surface area (Å²) in [6.45, 7) is 4.30. The molecule has 20 heavy (non-hydrogen) atoms. The van der Waals surface area contributed by atoms with E-state index >= 15 is 0 Å². The molecule has 2 aromatic carbocycles. The van der Waals surface area contributed by atoms with Crippen LogP contribution in [0.3, 0.4) is 0 Å². The quantitative estimate of drug-likeness (QED) is 0.918. The normalized spacial score (nSPS) is 15.2. The fourth-order valence-electron chi connectivity index (χ4n) is 3.09. The van der Waals surface area contributed by atoms with Crippen molar-refractivity contribution in [1.82, 2.24) is 0 Å². The molecule has 0 aliphatic carbocycles. The predicted molar refractivity (Wildman–Crippen MR) is 85.1 cm³/mol. The Morgan fingerprint density at radius 1 is 1.10 bits per heavy atom. The highest BCUT2D eigenvalue weighted by atomic mass is 15.1. The highest BCUT2D eigenvalue weighted by Gasteiger charge is 2.19. The number of aryl methyl sites for hydroxylation is 1. The molecule has 2 N–H and O–H groups in total. The maximum absolute atomic E-state index is 6.37. The molecule has 1 aliphatic heterocycles. The van der Waals surface area contributed by atoms with Crippen molar-refractivity contribution in [2.45, 2.75) is 25.8 Å². The van der Waals surface area contributed by atoms with Crippen molar-refractivity contribution >= 4 is 5.69 Å². The first-order valence-corrected chi connectivity index (χ1v) is 7.39. The van der Waals surface area contributed by atoms with Gasteiger partial charge in [0.2, 0.25) is 0 Å². The van der Waals surface area contributed by atoms with Crippen LogP contribution in [0.4, 0.5) is 5.69 Å². The van der Waals surface area contributed by atoms with Crippen molar-refractivity contribution in [3.63, 3.8) is 0 Å². The Labute approximate surface area is 121 Å². The van der Waals surface area contributed by atoms with E-state index in [4.69, 9.17) is 5.73 Å². The van der Waals surface area contributed by atoms with Gasteiger partial charge in [0.15, 0.2) is 0 Å². The minimum Gasteiger partial charge on any atom is -0.371 e. The van der Waals surface area contributed by atoms with Crippen molar-refractivity contribution in [3.05, 3.63) is 65.2 Å². The number of fused-ring (bicyclic) bond motifs is 1. The van der Waals surface area contributed by atoms with E-state index in [-0.39, 0.29) is 6.04 Å². The summed E-state index contributed by atoms with van der Waals surface area (Å²) in [5, 5.41) is 0. The number of benzene rings is 2. The van der Waals surface area contributed by atoms with Crippen LogP contribution in [-0.2, 0) is 6.42 Å². The SMILES string of the molecule is Cc1ccccc1C(N)CCN1CCc2ccccc21. The number of anilines is 1. The molecular weight excluding hydrogens is 244 g/mol. The van der Waals surface area contributed by atoms with E-state index in [2.05, 4.69) is 60.4 Å². The van der Waals surface area contributed by atoms with E-state index in [9.17, 15) is 0 Å². The zero-order chi connectivity index (χ0) is 13.9. The summed E-state index contributed by atoms with van der Waals surface area (Å²) in [6.07, 6.45) is 2.16. The van der Waals surface area contributed by atoms with Crippen LogP contribution in [0.2, 0.25) is 0 Å². The Hall–Kier alpha value is -1.80. The van der Waals surface area contributed by atoms with E-state index in [1.54, 1.807) is 0 Å². The number of para-hydroxylation sites is 1. The topological polar surface area (TPSA) is 29.3 Å². The lowest BCUT2D eigenvalue weighted by atomic mass is 9.99. The lowest BCUT2D eigenvalue weighted by Crippen LogP contribution is -2.25. The first kappa shape index (κ1) is 13.2. The number of hydrogen-bond acceptors (Lipinski definition) is 2. The van der Waals surface area contributed by atoms with Crippen LogP contribution >= 0.6 is 0 Å². The fraction of sp³-hybridized carbons (Fsp3) is 0.333. The van der Waals surface area contributed by atoms with Crippen molar-refractivity contribution in [2.24, 2.45) is 5.73 Å². The van der Waals surface area contributed by atoms with Crippen LogP contribution in [-0.4, -0.2) is 13.1 Å². The maximum atomic E-state index is 6.37. The summed E-state index contributed by atoms with van der Waals surface area (Å²) in [7, 11) is 0. The summed E-state index contributed by atoms with van der Waals surface area (Å²) in [5.74, 6) is 0. The second kappa shape index (κ2) is 5.68. The Balaban J connectivity index is 1.65. The van der Waals surface area contributed by atoms with E-state index in [0.717, 1.165) is 25.9 Å². The summed E-state index contributed by atoms with van der Waals surface area (Å²) in [4.78, 5) is 2.47. The van der Waals surface area contributed by atoms with E-state index in [1.807, 2.05) is 0 Å². The number of nitrogens with zero attached hydrogens (tertiary/aromatic N) is 1. The number of nitrogens with two attached hydrogens (primary N) is 1. The molecule has 2 heteroatoms. The molecular formula is C18H22N2. The van der Waals surface area contributed by atoms with Gasteiger partial charge in [-0.3, -0.25) is 0 Å². The molecule has 2 nitrogen and oxygen atoms in total. The summed E-state index contributed by atoms with van der Waals surface area (Å²) >= 11 is 0. The summed E-state index contributed by atoms with van der Waals surface area (Å²) in [6, 6.07) is 17.3. The smallest absolute Gasteiger partial charge is 0.0399 e. The molecule has 1 heterocycles. The molecule has 104 valence electrons. The third-order valence-corrected chi connectivity index (χ3v) is 4.28. The largest absolute Gasteiger partial charge is 0.371 e. The van der Waals surface area contributed by atoms with Crippen LogP contribution < -0.4 is 10.6 Å². The van der Waals surface area contributed by atoms with Gasteiger partial charge in [-0.05, 0) is 42.5 Å². The van der Waals surface area contributed by atoms with E-state index in [0.29, 0.717) is 0 Å². The minimum atomic E-state index is 0.129. The standard InChI is InChI=1S/C18H22N2/c1-14-6-2-4-8-16(14)17(19)11-13-20-12-10-15-7-3-5-9-18(15)20/h2-9,17H,10-13,19H2,1H3. The number of hydrogen-bond donors (Lipinski definition) is 1. The van der Waals surface area contributed by atoms with Crippen LogP contribution in [0.5, 0.6) is 0 Å². The molecule has 0 bridgehead atoms. The van der Waals surface area contributed by atoms with Gasteiger partial charge in [0.25, 0.3) is 0 Å². The van der Waals surface area contributed by atoms with Gasteiger partial charge in [0, 0.05) is 24.8 Å². The molecule has 1 atom stereocenters.